The number of halogens is 2. The molecule has 3 nitrogen and oxygen atoms in total. The molecule has 23 heavy (non-hydrogen) atoms. The van der Waals surface area contributed by atoms with Crippen molar-refractivity contribution in [2.75, 3.05) is 19.4 Å². The minimum Gasteiger partial charge on any atom is -0.358 e. The van der Waals surface area contributed by atoms with E-state index in [1.165, 1.54) is 16.0 Å². The molecule has 3 N–H and O–H groups in total. The average Bonchev–Trinajstić information content (AvgIpc) is 2.45. The third-order valence-corrected chi connectivity index (χ3v) is 3.84. The first kappa shape index (κ1) is 18.0. The molecule has 0 aliphatic carbocycles. The fourth-order valence-electron chi connectivity index (χ4n) is 2.17. The van der Waals surface area contributed by atoms with Crippen molar-refractivity contribution in [3.05, 3.63) is 63.6 Å². The number of hydrogen-bond donors (Lipinski definition) is 3. The highest BCUT2D eigenvalue weighted by Gasteiger charge is 2.02. The molecule has 0 radical (unpaired) electrons. The van der Waals surface area contributed by atoms with E-state index in [1.807, 2.05) is 0 Å². The lowest BCUT2D eigenvalue weighted by Gasteiger charge is -2.12. The van der Waals surface area contributed by atoms with E-state index >= 15 is 0 Å². The molecular weight excluding hydrogens is 349 g/mol. The summed E-state index contributed by atoms with van der Waals surface area (Å²) in [6.45, 7) is 1.68. The van der Waals surface area contributed by atoms with Gasteiger partial charge in [-0.05, 0) is 36.0 Å². The normalized spacial score (nSPS) is 10.7. The zero-order chi connectivity index (χ0) is 16.8. The summed E-state index contributed by atoms with van der Waals surface area (Å²) in [5, 5.41) is 7.93. The minimum absolute atomic E-state index is 0.533. The van der Waals surface area contributed by atoms with Gasteiger partial charge in [0.25, 0.3) is 0 Å². The third kappa shape index (κ3) is 6.36. The van der Waals surface area contributed by atoms with E-state index in [0.29, 0.717) is 21.7 Å². The van der Waals surface area contributed by atoms with Crippen LogP contribution in [0, 0.1) is 0 Å². The largest absolute Gasteiger partial charge is 0.358 e. The number of quaternary nitrogens is 1. The third-order valence-electron chi connectivity index (χ3n) is 3.15. The number of rotatable bonds is 5. The molecule has 0 saturated heterocycles. The summed E-state index contributed by atoms with van der Waals surface area (Å²) in [7, 11) is 4.28. The fourth-order valence-corrected chi connectivity index (χ4v) is 2.88. The van der Waals surface area contributed by atoms with Crippen LogP contribution in [0.3, 0.4) is 0 Å². The summed E-state index contributed by atoms with van der Waals surface area (Å²) in [5.74, 6) is 0. The second-order valence-electron chi connectivity index (χ2n) is 5.67. The first-order chi connectivity index (χ1) is 10.9. The van der Waals surface area contributed by atoms with Crippen molar-refractivity contribution in [3.8, 4) is 0 Å². The summed E-state index contributed by atoms with van der Waals surface area (Å²) in [6.07, 6.45) is 0. The molecule has 0 bridgehead atoms. The molecule has 0 spiro atoms. The first-order valence-corrected chi connectivity index (χ1v) is 8.46. The Morgan fingerprint density at radius 2 is 1.57 bits per heavy atom. The number of thiocarbonyl (C=S) groups is 1. The molecule has 0 amide bonds. The molecule has 0 atom stereocenters. The van der Waals surface area contributed by atoms with Gasteiger partial charge >= 0.3 is 0 Å². The lowest BCUT2D eigenvalue weighted by atomic mass is 10.1. The Kier molecular flexibility index (Phi) is 6.66. The molecule has 6 heteroatoms. The van der Waals surface area contributed by atoms with Crippen molar-refractivity contribution in [3.63, 3.8) is 0 Å². The predicted molar refractivity (Wildman–Crippen MR) is 102 cm³/mol. The number of benzene rings is 2. The van der Waals surface area contributed by atoms with Crippen LogP contribution in [0.1, 0.15) is 11.1 Å². The fraction of sp³-hybridized carbons (Fsp3) is 0.235. The standard InChI is InChI=1S/C17H19Cl2N3S/c1-22(2)11-13-5-3-12(4-6-13)10-20-17(23)21-16-8-14(18)7-15(19)9-16/h3-9H,10-11H2,1-2H3,(H2,20,21,23)/p+1. The summed E-state index contributed by atoms with van der Waals surface area (Å²) >= 11 is 17.2. The van der Waals surface area contributed by atoms with Crippen LogP contribution in [0.5, 0.6) is 0 Å². The van der Waals surface area contributed by atoms with Crippen LogP contribution in [0.4, 0.5) is 5.69 Å². The van der Waals surface area contributed by atoms with Gasteiger partial charge in [-0.2, -0.15) is 0 Å². The van der Waals surface area contributed by atoms with E-state index in [2.05, 4.69) is 49.0 Å². The van der Waals surface area contributed by atoms with Crippen molar-refractivity contribution in [2.45, 2.75) is 13.1 Å². The summed E-state index contributed by atoms with van der Waals surface area (Å²) in [5.41, 5.74) is 3.27. The first-order valence-electron chi connectivity index (χ1n) is 7.30. The Bertz CT molecular complexity index is 652. The Morgan fingerprint density at radius 1 is 1.00 bits per heavy atom. The van der Waals surface area contributed by atoms with Crippen molar-refractivity contribution >= 4 is 46.2 Å². The van der Waals surface area contributed by atoms with Crippen LogP contribution < -0.4 is 15.5 Å². The Hall–Kier alpha value is -1.33. The minimum atomic E-state index is 0.533. The van der Waals surface area contributed by atoms with Gasteiger partial charge in [0.05, 0.1) is 14.1 Å². The van der Waals surface area contributed by atoms with E-state index in [0.717, 1.165) is 12.2 Å². The highest BCUT2D eigenvalue weighted by atomic mass is 35.5. The maximum atomic E-state index is 5.97. The molecule has 0 saturated carbocycles. The second kappa shape index (κ2) is 8.50. The van der Waals surface area contributed by atoms with Gasteiger partial charge in [-0.3, -0.25) is 0 Å². The molecule has 2 rings (SSSR count). The summed E-state index contributed by atoms with van der Waals surface area (Å²) < 4.78 is 0. The van der Waals surface area contributed by atoms with E-state index in [-0.39, 0.29) is 0 Å². The van der Waals surface area contributed by atoms with Crippen molar-refractivity contribution in [1.29, 1.82) is 0 Å². The SMILES string of the molecule is C[NH+](C)Cc1ccc(CNC(=S)Nc2cc(Cl)cc(Cl)c2)cc1. The molecule has 0 fully saturated rings. The highest BCUT2D eigenvalue weighted by molar-refractivity contribution is 7.80. The second-order valence-corrected chi connectivity index (χ2v) is 6.95. The lowest BCUT2D eigenvalue weighted by Crippen LogP contribution is -3.04. The lowest BCUT2D eigenvalue weighted by molar-refractivity contribution is -0.872. The van der Waals surface area contributed by atoms with E-state index in [9.17, 15) is 0 Å². The molecule has 0 aromatic heterocycles. The van der Waals surface area contributed by atoms with Crippen molar-refractivity contribution in [2.24, 2.45) is 0 Å². The van der Waals surface area contributed by atoms with Gasteiger partial charge < -0.3 is 15.5 Å². The molecule has 0 unspecified atom stereocenters. The highest BCUT2D eigenvalue weighted by Crippen LogP contribution is 2.22. The predicted octanol–water partition coefficient (Wildman–Crippen LogP) is 3.12. The Morgan fingerprint density at radius 3 is 2.13 bits per heavy atom. The van der Waals surface area contributed by atoms with Crippen molar-refractivity contribution in [1.82, 2.24) is 5.32 Å². The quantitative estimate of drug-likeness (QED) is 0.708. The van der Waals surface area contributed by atoms with E-state index < -0.39 is 0 Å². The molecular formula is C17H20Cl2N3S+. The Balaban J connectivity index is 1.86. The van der Waals surface area contributed by atoms with Gasteiger partial charge in [0.15, 0.2) is 5.11 Å². The van der Waals surface area contributed by atoms with Crippen LogP contribution in [0.25, 0.3) is 0 Å². The van der Waals surface area contributed by atoms with Crippen molar-refractivity contribution < 1.29 is 4.90 Å². The average molecular weight is 369 g/mol. The van der Waals surface area contributed by atoms with Crippen LogP contribution >= 0.6 is 35.4 Å². The van der Waals surface area contributed by atoms with Crippen LogP contribution in [-0.4, -0.2) is 19.2 Å². The van der Waals surface area contributed by atoms with Gasteiger partial charge in [-0.15, -0.1) is 0 Å². The monoisotopic (exact) mass is 368 g/mol. The molecule has 0 aliphatic heterocycles. The number of hydrogen-bond acceptors (Lipinski definition) is 1. The van der Waals surface area contributed by atoms with Gasteiger partial charge in [-0.25, -0.2) is 0 Å². The smallest absolute Gasteiger partial charge is 0.171 e. The van der Waals surface area contributed by atoms with Gasteiger partial charge in [-0.1, -0.05) is 47.5 Å². The molecule has 2 aromatic rings. The zero-order valence-electron chi connectivity index (χ0n) is 13.1. The molecule has 122 valence electrons. The number of nitrogens with one attached hydrogen (secondary N) is 3. The molecule has 0 heterocycles. The molecule has 0 aliphatic rings. The summed E-state index contributed by atoms with van der Waals surface area (Å²) in [6, 6.07) is 13.8. The van der Waals surface area contributed by atoms with E-state index in [1.54, 1.807) is 18.2 Å². The van der Waals surface area contributed by atoms with Crippen LogP contribution in [0.2, 0.25) is 10.0 Å². The maximum Gasteiger partial charge on any atom is 0.171 e. The van der Waals surface area contributed by atoms with Crippen LogP contribution in [0.15, 0.2) is 42.5 Å². The summed E-state index contributed by atoms with van der Waals surface area (Å²) in [4.78, 5) is 1.40. The van der Waals surface area contributed by atoms with Gasteiger partial charge in [0, 0.05) is 27.8 Å². The van der Waals surface area contributed by atoms with E-state index in [4.69, 9.17) is 35.4 Å². The topological polar surface area (TPSA) is 28.5 Å². The Labute approximate surface area is 152 Å². The number of anilines is 1. The molecule has 2 aromatic carbocycles. The zero-order valence-corrected chi connectivity index (χ0v) is 15.4. The van der Waals surface area contributed by atoms with Gasteiger partial charge in [0.1, 0.15) is 6.54 Å². The maximum absolute atomic E-state index is 5.97. The van der Waals surface area contributed by atoms with Gasteiger partial charge in [0.2, 0.25) is 0 Å². The van der Waals surface area contributed by atoms with Crippen LogP contribution in [-0.2, 0) is 13.1 Å².